The Bertz CT molecular complexity index is 220. The summed E-state index contributed by atoms with van der Waals surface area (Å²) >= 11 is 0. The van der Waals surface area contributed by atoms with Crippen LogP contribution in [0.4, 0.5) is 0 Å². The Kier molecular flexibility index (Phi) is 5.42. The molecule has 1 atom stereocenters. The Labute approximate surface area is 106 Å². The third kappa shape index (κ3) is 4.94. The highest BCUT2D eigenvalue weighted by atomic mass is 16.3. The molecule has 0 bridgehead atoms. The van der Waals surface area contributed by atoms with E-state index in [0.717, 1.165) is 31.6 Å². The first-order valence-electron chi connectivity index (χ1n) is 6.97. The van der Waals surface area contributed by atoms with Crippen molar-refractivity contribution in [1.29, 1.82) is 0 Å². The van der Waals surface area contributed by atoms with Crippen molar-refractivity contribution in [2.45, 2.75) is 71.1 Å². The van der Waals surface area contributed by atoms with Crippen LogP contribution in [0.2, 0.25) is 0 Å². The Hall–Kier alpha value is -0.120. The van der Waals surface area contributed by atoms with Crippen LogP contribution in [0.1, 0.15) is 53.4 Å². The second-order valence-corrected chi connectivity index (χ2v) is 6.28. The number of rotatable bonds is 5. The van der Waals surface area contributed by atoms with Gasteiger partial charge in [-0.25, -0.2) is 0 Å². The molecule has 1 fully saturated rings. The molecule has 2 N–H and O–H groups in total. The monoisotopic (exact) mass is 243 g/mol. The zero-order valence-corrected chi connectivity index (χ0v) is 11.8. The average molecular weight is 243 g/mol. The van der Waals surface area contributed by atoms with Crippen LogP contribution in [0, 0.1) is 5.92 Å². The van der Waals surface area contributed by atoms with Gasteiger partial charge in [-0.3, -0.25) is 4.90 Å². The minimum atomic E-state index is -0.536. The number of hydrogen-bond donors (Lipinski definition) is 2. The van der Waals surface area contributed by atoms with E-state index in [1.807, 2.05) is 6.92 Å². The van der Waals surface area contributed by atoms with Gasteiger partial charge in [0.1, 0.15) is 0 Å². The number of aliphatic hydroxyl groups excluding tert-OH is 1. The fourth-order valence-corrected chi connectivity index (χ4v) is 2.63. The first-order chi connectivity index (χ1) is 7.82. The molecule has 1 aliphatic rings. The Balaban J connectivity index is 2.53. The van der Waals surface area contributed by atoms with Gasteiger partial charge in [-0.2, -0.15) is 0 Å². The quantitative estimate of drug-likeness (QED) is 0.776. The zero-order chi connectivity index (χ0) is 13.1. The lowest BCUT2D eigenvalue weighted by molar-refractivity contribution is -0.0481. The maximum absolute atomic E-state index is 10.6. The van der Waals surface area contributed by atoms with Gasteiger partial charge in [-0.15, -0.1) is 0 Å². The first-order valence-corrected chi connectivity index (χ1v) is 6.97. The topological polar surface area (TPSA) is 43.7 Å². The molecule has 3 heteroatoms. The van der Waals surface area contributed by atoms with E-state index in [1.54, 1.807) is 0 Å². The Morgan fingerprint density at radius 2 is 1.76 bits per heavy atom. The van der Waals surface area contributed by atoms with Crippen LogP contribution >= 0.6 is 0 Å². The molecule has 3 nitrogen and oxygen atoms in total. The summed E-state index contributed by atoms with van der Waals surface area (Å²) in [6.45, 7) is 9.66. The van der Waals surface area contributed by atoms with Crippen LogP contribution in [-0.4, -0.2) is 45.9 Å². The Morgan fingerprint density at radius 1 is 1.24 bits per heavy atom. The molecule has 0 aromatic rings. The molecule has 0 spiro atoms. The molecular weight excluding hydrogens is 214 g/mol. The van der Waals surface area contributed by atoms with Crippen LogP contribution in [0.15, 0.2) is 0 Å². The maximum Gasteiger partial charge on any atom is 0.0774 e. The molecule has 1 rings (SSSR count). The second-order valence-electron chi connectivity index (χ2n) is 6.28. The standard InChI is InChI=1S/C14H29NO2/c1-11(2)15(9-13(4)16)10-14(17)7-5-12(3)6-8-14/h11-13,16-17H,5-10H2,1-4H3. The van der Waals surface area contributed by atoms with Gasteiger partial charge in [0.25, 0.3) is 0 Å². The van der Waals surface area contributed by atoms with Gasteiger partial charge in [0.15, 0.2) is 0 Å². The van der Waals surface area contributed by atoms with E-state index in [9.17, 15) is 10.2 Å². The number of hydrogen-bond acceptors (Lipinski definition) is 3. The summed E-state index contributed by atoms with van der Waals surface area (Å²) in [5.41, 5.74) is -0.536. The average Bonchev–Trinajstić information content (AvgIpc) is 2.21. The lowest BCUT2D eigenvalue weighted by atomic mass is 9.79. The van der Waals surface area contributed by atoms with Gasteiger partial charge in [0, 0.05) is 19.1 Å². The lowest BCUT2D eigenvalue weighted by Crippen LogP contribution is -2.49. The summed E-state index contributed by atoms with van der Waals surface area (Å²) in [5.74, 6) is 0.750. The maximum atomic E-state index is 10.6. The third-order valence-electron chi connectivity index (χ3n) is 3.93. The molecule has 0 aromatic carbocycles. The van der Waals surface area contributed by atoms with Crippen LogP contribution in [0.5, 0.6) is 0 Å². The van der Waals surface area contributed by atoms with Crippen molar-refractivity contribution >= 4 is 0 Å². The van der Waals surface area contributed by atoms with E-state index in [-0.39, 0.29) is 6.10 Å². The minimum Gasteiger partial charge on any atom is -0.392 e. The van der Waals surface area contributed by atoms with Crippen molar-refractivity contribution in [3.05, 3.63) is 0 Å². The predicted octanol–water partition coefficient (Wildman–Crippen LogP) is 2.02. The SMILES string of the molecule is CC(O)CN(CC1(O)CCC(C)CC1)C(C)C. The van der Waals surface area contributed by atoms with Gasteiger partial charge in [0.2, 0.25) is 0 Å². The highest BCUT2D eigenvalue weighted by Crippen LogP contribution is 2.32. The van der Waals surface area contributed by atoms with Crippen molar-refractivity contribution in [1.82, 2.24) is 4.90 Å². The summed E-state index contributed by atoms with van der Waals surface area (Å²) in [7, 11) is 0. The molecule has 1 aliphatic carbocycles. The zero-order valence-electron chi connectivity index (χ0n) is 11.8. The molecule has 0 saturated heterocycles. The molecule has 0 amide bonds. The van der Waals surface area contributed by atoms with Gasteiger partial charge in [0.05, 0.1) is 11.7 Å². The van der Waals surface area contributed by atoms with Crippen molar-refractivity contribution in [2.75, 3.05) is 13.1 Å². The van der Waals surface area contributed by atoms with Gasteiger partial charge < -0.3 is 10.2 Å². The second kappa shape index (κ2) is 6.17. The minimum absolute atomic E-state index is 0.330. The fourth-order valence-electron chi connectivity index (χ4n) is 2.63. The largest absolute Gasteiger partial charge is 0.392 e. The summed E-state index contributed by atoms with van der Waals surface area (Å²) < 4.78 is 0. The molecule has 0 aromatic heterocycles. The molecule has 1 unspecified atom stereocenters. The third-order valence-corrected chi connectivity index (χ3v) is 3.93. The summed E-state index contributed by atoms with van der Waals surface area (Å²) in [6, 6.07) is 0.368. The van der Waals surface area contributed by atoms with Crippen molar-refractivity contribution in [3.8, 4) is 0 Å². The smallest absolute Gasteiger partial charge is 0.0774 e. The molecule has 0 aliphatic heterocycles. The molecule has 1 saturated carbocycles. The number of nitrogens with zero attached hydrogens (tertiary/aromatic N) is 1. The fraction of sp³-hybridized carbons (Fsp3) is 1.00. The van der Waals surface area contributed by atoms with E-state index in [4.69, 9.17) is 0 Å². The van der Waals surface area contributed by atoms with Crippen molar-refractivity contribution < 1.29 is 10.2 Å². The van der Waals surface area contributed by atoms with Crippen LogP contribution in [-0.2, 0) is 0 Å². The predicted molar refractivity (Wildman–Crippen MR) is 71.0 cm³/mol. The molecule has 17 heavy (non-hydrogen) atoms. The van der Waals surface area contributed by atoms with E-state index in [2.05, 4.69) is 25.7 Å². The normalized spacial score (nSPS) is 32.1. The summed E-state index contributed by atoms with van der Waals surface area (Å²) in [5, 5.41) is 20.1. The highest BCUT2D eigenvalue weighted by molar-refractivity contribution is 4.88. The van der Waals surface area contributed by atoms with Crippen LogP contribution in [0.25, 0.3) is 0 Å². The molecular formula is C14H29NO2. The highest BCUT2D eigenvalue weighted by Gasteiger charge is 2.34. The molecule has 0 heterocycles. The first kappa shape index (κ1) is 14.9. The van der Waals surface area contributed by atoms with Crippen molar-refractivity contribution in [2.24, 2.45) is 5.92 Å². The van der Waals surface area contributed by atoms with Crippen molar-refractivity contribution in [3.63, 3.8) is 0 Å². The van der Waals surface area contributed by atoms with Gasteiger partial charge in [-0.1, -0.05) is 6.92 Å². The molecule has 102 valence electrons. The van der Waals surface area contributed by atoms with E-state index in [0.29, 0.717) is 19.1 Å². The lowest BCUT2D eigenvalue weighted by Gasteiger charge is -2.40. The molecule has 0 radical (unpaired) electrons. The summed E-state index contributed by atoms with van der Waals surface area (Å²) in [6.07, 6.45) is 3.71. The van der Waals surface area contributed by atoms with Crippen LogP contribution < -0.4 is 0 Å². The number of aliphatic hydroxyl groups is 2. The summed E-state index contributed by atoms with van der Waals surface area (Å²) in [4.78, 5) is 2.20. The van der Waals surface area contributed by atoms with E-state index >= 15 is 0 Å². The van der Waals surface area contributed by atoms with Gasteiger partial charge >= 0.3 is 0 Å². The van der Waals surface area contributed by atoms with E-state index < -0.39 is 5.60 Å². The van der Waals surface area contributed by atoms with Gasteiger partial charge in [-0.05, 0) is 52.4 Å². The Morgan fingerprint density at radius 3 is 2.18 bits per heavy atom. The van der Waals surface area contributed by atoms with E-state index in [1.165, 1.54) is 0 Å². The van der Waals surface area contributed by atoms with Crippen LogP contribution in [0.3, 0.4) is 0 Å².